The summed E-state index contributed by atoms with van der Waals surface area (Å²) in [4.78, 5) is 33.3. The van der Waals surface area contributed by atoms with Gasteiger partial charge in [0.2, 0.25) is 11.8 Å². The fourth-order valence-electron chi connectivity index (χ4n) is 1.53. The Kier molecular flexibility index (Phi) is 7.18. The number of carboxylic acids is 1. The minimum Gasteiger partial charge on any atom is -0.480 e. The Labute approximate surface area is 132 Å². The number of halogens is 1. The number of anilines is 1. The molecule has 120 valence electrons. The average Bonchev–Trinajstić information content (AvgIpc) is 2.44. The van der Waals surface area contributed by atoms with Crippen LogP contribution in [0.15, 0.2) is 18.2 Å². The van der Waals surface area contributed by atoms with E-state index in [2.05, 4.69) is 10.6 Å². The second-order valence-corrected chi connectivity index (χ2v) is 4.81. The molecule has 0 aliphatic rings. The van der Waals surface area contributed by atoms with Crippen LogP contribution in [-0.4, -0.2) is 36.0 Å². The molecule has 0 aromatic heterocycles. The minimum atomic E-state index is -1.11. The lowest BCUT2D eigenvalue weighted by Crippen LogP contribution is -2.32. The third-order valence-corrected chi connectivity index (χ3v) is 2.79. The van der Waals surface area contributed by atoms with Crippen LogP contribution in [0.2, 0.25) is 5.02 Å². The zero-order valence-electron chi connectivity index (χ0n) is 12.0. The van der Waals surface area contributed by atoms with Gasteiger partial charge >= 0.3 is 5.97 Å². The summed E-state index contributed by atoms with van der Waals surface area (Å²) >= 11 is 5.93. The molecule has 1 rings (SSSR count). The molecule has 0 spiro atoms. The third kappa shape index (κ3) is 6.45. The number of benzene rings is 1. The predicted molar refractivity (Wildman–Crippen MR) is 81.1 cm³/mol. The molecule has 0 bridgehead atoms. The Balaban J connectivity index is 2.52. The molecular formula is C14H17ClN2O5. The molecule has 22 heavy (non-hydrogen) atoms. The topological polar surface area (TPSA) is 105 Å². The summed E-state index contributed by atoms with van der Waals surface area (Å²) in [5.74, 6) is -1.48. The van der Waals surface area contributed by atoms with Crippen LogP contribution in [0, 0.1) is 0 Å². The lowest BCUT2D eigenvalue weighted by Gasteiger charge is -2.09. The largest absolute Gasteiger partial charge is 0.480 e. The lowest BCUT2D eigenvalue weighted by molar-refractivity contribution is -0.139. The molecule has 0 saturated carbocycles. The van der Waals surface area contributed by atoms with Gasteiger partial charge in [-0.2, -0.15) is 0 Å². The first-order valence-corrected chi connectivity index (χ1v) is 7.01. The van der Waals surface area contributed by atoms with Gasteiger partial charge in [-0.1, -0.05) is 18.5 Å². The number of aliphatic carboxylic acids is 1. The summed E-state index contributed by atoms with van der Waals surface area (Å²) in [5, 5.41) is 13.7. The van der Waals surface area contributed by atoms with Crippen LogP contribution in [0.1, 0.15) is 19.8 Å². The highest BCUT2D eigenvalue weighted by Crippen LogP contribution is 2.27. The van der Waals surface area contributed by atoms with Crippen LogP contribution in [0.3, 0.4) is 0 Å². The quantitative estimate of drug-likeness (QED) is 0.673. The van der Waals surface area contributed by atoms with Crippen molar-refractivity contribution in [1.29, 1.82) is 0 Å². The fourth-order valence-corrected chi connectivity index (χ4v) is 1.77. The maximum Gasteiger partial charge on any atom is 0.341 e. The van der Waals surface area contributed by atoms with Crippen molar-refractivity contribution in [2.45, 2.75) is 19.8 Å². The Bertz CT molecular complexity index is 562. The molecule has 7 nitrogen and oxygen atoms in total. The van der Waals surface area contributed by atoms with Gasteiger partial charge in [0.25, 0.3) is 0 Å². The van der Waals surface area contributed by atoms with Crippen molar-refractivity contribution >= 4 is 35.1 Å². The van der Waals surface area contributed by atoms with Crippen LogP contribution in [0.4, 0.5) is 5.69 Å². The number of hydrogen-bond acceptors (Lipinski definition) is 4. The van der Waals surface area contributed by atoms with E-state index >= 15 is 0 Å². The van der Waals surface area contributed by atoms with E-state index < -0.39 is 12.6 Å². The first-order valence-electron chi connectivity index (χ1n) is 6.63. The molecule has 0 fully saturated rings. The van der Waals surface area contributed by atoms with Crippen molar-refractivity contribution in [2.75, 3.05) is 18.5 Å². The van der Waals surface area contributed by atoms with Gasteiger partial charge in [-0.15, -0.1) is 0 Å². The van der Waals surface area contributed by atoms with Crippen LogP contribution < -0.4 is 15.4 Å². The zero-order valence-corrected chi connectivity index (χ0v) is 12.8. The Morgan fingerprint density at radius 2 is 2.00 bits per heavy atom. The Morgan fingerprint density at radius 1 is 1.27 bits per heavy atom. The van der Waals surface area contributed by atoms with Gasteiger partial charge < -0.3 is 20.5 Å². The highest BCUT2D eigenvalue weighted by Gasteiger charge is 2.08. The maximum atomic E-state index is 11.7. The molecule has 0 atom stereocenters. The predicted octanol–water partition coefficient (Wildman–Crippen LogP) is 1.66. The van der Waals surface area contributed by atoms with E-state index in [0.29, 0.717) is 18.5 Å². The van der Waals surface area contributed by atoms with Gasteiger partial charge in [0, 0.05) is 12.1 Å². The standard InChI is InChI=1S/C14H17ClN2O5/c1-2-3-12(18)16-7-13(19)17-9-4-5-11(10(15)6-9)22-8-14(20)21/h4-6H,2-3,7-8H2,1H3,(H,16,18)(H,17,19)(H,20,21). The van der Waals surface area contributed by atoms with Gasteiger partial charge in [-0.3, -0.25) is 9.59 Å². The summed E-state index contributed by atoms with van der Waals surface area (Å²) in [6.07, 6.45) is 1.08. The zero-order chi connectivity index (χ0) is 16.5. The van der Waals surface area contributed by atoms with Crippen LogP contribution in [0.25, 0.3) is 0 Å². The molecule has 8 heteroatoms. The highest BCUT2D eigenvalue weighted by molar-refractivity contribution is 6.32. The van der Waals surface area contributed by atoms with Gasteiger partial charge in [-0.05, 0) is 24.6 Å². The molecule has 0 heterocycles. The number of nitrogens with one attached hydrogen (secondary N) is 2. The monoisotopic (exact) mass is 328 g/mol. The van der Waals surface area contributed by atoms with Gasteiger partial charge in [0.15, 0.2) is 6.61 Å². The van der Waals surface area contributed by atoms with E-state index in [1.165, 1.54) is 18.2 Å². The summed E-state index contributed by atoms with van der Waals surface area (Å²) in [6.45, 7) is 1.23. The molecule has 0 aliphatic heterocycles. The van der Waals surface area contributed by atoms with E-state index in [1.54, 1.807) is 0 Å². The van der Waals surface area contributed by atoms with Crippen LogP contribution >= 0.6 is 11.6 Å². The number of carbonyl (C=O) groups is 3. The van der Waals surface area contributed by atoms with E-state index in [4.69, 9.17) is 21.4 Å². The number of amides is 2. The molecule has 3 N–H and O–H groups in total. The lowest BCUT2D eigenvalue weighted by atomic mass is 10.3. The van der Waals surface area contributed by atoms with E-state index in [9.17, 15) is 14.4 Å². The van der Waals surface area contributed by atoms with Crippen molar-refractivity contribution in [2.24, 2.45) is 0 Å². The number of carboxylic acid groups (broad SMARTS) is 1. The number of hydrogen-bond donors (Lipinski definition) is 3. The number of ether oxygens (including phenoxy) is 1. The second-order valence-electron chi connectivity index (χ2n) is 4.40. The molecule has 2 amide bonds. The third-order valence-electron chi connectivity index (χ3n) is 2.49. The Hall–Kier alpha value is -2.28. The van der Waals surface area contributed by atoms with Crippen molar-refractivity contribution in [3.05, 3.63) is 23.2 Å². The van der Waals surface area contributed by atoms with E-state index in [1.807, 2.05) is 6.92 Å². The van der Waals surface area contributed by atoms with E-state index in [-0.39, 0.29) is 29.1 Å². The number of rotatable bonds is 8. The van der Waals surface area contributed by atoms with Gasteiger partial charge in [0.05, 0.1) is 11.6 Å². The normalized spacial score (nSPS) is 9.91. The minimum absolute atomic E-state index is 0.131. The van der Waals surface area contributed by atoms with Crippen LogP contribution in [-0.2, 0) is 14.4 Å². The summed E-state index contributed by atoms with van der Waals surface area (Å²) in [7, 11) is 0. The summed E-state index contributed by atoms with van der Waals surface area (Å²) in [6, 6.07) is 4.41. The fraction of sp³-hybridized carbons (Fsp3) is 0.357. The molecule has 0 unspecified atom stereocenters. The van der Waals surface area contributed by atoms with Gasteiger partial charge in [-0.25, -0.2) is 4.79 Å². The molecule has 0 radical (unpaired) electrons. The summed E-state index contributed by atoms with van der Waals surface area (Å²) < 4.78 is 4.96. The first kappa shape index (κ1) is 17.8. The van der Waals surface area contributed by atoms with Crippen molar-refractivity contribution in [3.63, 3.8) is 0 Å². The smallest absolute Gasteiger partial charge is 0.341 e. The van der Waals surface area contributed by atoms with Crippen molar-refractivity contribution in [3.8, 4) is 5.75 Å². The van der Waals surface area contributed by atoms with Crippen LogP contribution in [0.5, 0.6) is 5.75 Å². The Morgan fingerprint density at radius 3 is 2.59 bits per heavy atom. The maximum absolute atomic E-state index is 11.7. The highest BCUT2D eigenvalue weighted by atomic mass is 35.5. The molecule has 0 aliphatic carbocycles. The summed E-state index contributed by atoms with van der Waals surface area (Å²) in [5.41, 5.74) is 0.419. The molecule has 0 saturated heterocycles. The van der Waals surface area contributed by atoms with E-state index in [0.717, 1.165) is 0 Å². The molecular weight excluding hydrogens is 312 g/mol. The number of carbonyl (C=O) groups excluding carboxylic acids is 2. The van der Waals surface area contributed by atoms with Crippen molar-refractivity contribution in [1.82, 2.24) is 5.32 Å². The molecule has 1 aromatic rings. The van der Waals surface area contributed by atoms with Gasteiger partial charge in [0.1, 0.15) is 5.75 Å². The second kappa shape index (κ2) is 8.89. The average molecular weight is 329 g/mol. The SMILES string of the molecule is CCCC(=O)NCC(=O)Nc1ccc(OCC(=O)O)c(Cl)c1. The first-order chi connectivity index (χ1) is 10.4. The molecule has 1 aromatic carbocycles. The van der Waals surface area contributed by atoms with Crippen molar-refractivity contribution < 1.29 is 24.2 Å².